The zero-order valence-corrected chi connectivity index (χ0v) is 21.1. The SMILES string of the molecule is CCC(C)(F)CCNCC1=CC(N)NC=C1.CCOc1nc2cc(F)ccc2n1C1CCNCC1. The van der Waals surface area contributed by atoms with Gasteiger partial charge in [0.1, 0.15) is 11.5 Å². The molecule has 7 nitrogen and oxygen atoms in total. The molecular weight excluding hydrogens is 450 g/mol. The zero-order valence-electron chi connectivity index (χ0n) is 21.1. The monoisotopic (exact) mass is 490 g/mol. The largest absolute Gasteiger partial charge is 0.465 e. The summed E-state index contributed by atoms with van der Waals surface area (Å²) in [4.78, 5) is 4.42. The predicted molar refractivity (Wildman–Crippen MR) is 138 cm³/mol. The van der Waals surface area contributed by atoms with E-state index in [0.717, 1.165) is 43.6 Å². The van der Waals surface area contributed by atoms with Gasteiger partial charge in [-0.05, 0) is 95.2 Å². The summed E-state index contributed by atoms with van der Waals surface area (Å²) in [6.45, 7) is 9.45. The van der Waals surface area contributed by atoms with Crippen molar-refractivity contribution in [1.82, 2.24) is 25.5 Å². The fourth-order valence-corrected chi connectivity index (χ4v) is 4.18. The van der Waals surface area contributed by atoms with Gasteiger partial charge in [-0.3, -0.25) is 4.57 Å². The molecule has 2 aromatic rings. The van der Waals surface area contributed by atoms with E-state index < -0.39 is 5.67 Å². The van der Waals surface area contributed by atoms with Crippen molar-refractivity contribution in [2.24, 2.45) is 5.73 Å². The summed E-state index contributed by atoms with van der Waals surface area (Å²) in [7, 11) is 0. The molecule has 2 unspecified atom stereocenters. The topological polar surface area (TPSA) is 89.2 Å². The molecule has 5 N–H and O–H groups in total. The molecule has 3 heterocycles. The Bertz CT molecular complexity index is 997. The molecule has 2 aliphatic heterocycles. The minimum Gasteiger partial charge on any atom is -0.465 e. The second-order valence-electron chi connectivity index (χ2n) is 9.27. The number of hydrogen-bond acceptors (Lipinski definition) is 6. The number of piperidine rings is 1. The minimum absolute atomic E-state index is 0.108. The van der Waals surface area contributed by atoms with Crippen LogP contribution in [-0.2, 0) is 0 Å². The lowest BCUT2D eigenvalue weighted by atomic mass is 10.0. The standard InChI is InChI=1S/C14H18FN3O.C12H22FN3/c1-2-19-14-17-12-9-10(15)3-4-13(12)18(14)11-5-7-16-8-6-11;1-3-12(2,13)5-7-15-9-10-4-6-16-11(14)8-10/h3-4,9,11,16H,2,5-8H2,1H3;4,6,8,11,15-16H,3,5,7,9,14H2,1-2H3. The minimum atomic E-state index is -1.05. The van der Waals surface area contributed by atoms with Gasteiger partial charge in [-0.15, -0.1) is 0 Å². The molecule has 9 heteroatoms. The Labute approximate surface area is 207 Å². The highest BCUT2D eigenvalue weighted by Gasteiger charge is 2.22. The first kappa shape index (κ1) is 27.1. The highest BCUT2D eigenvalue weighted by atomic mass is 19.1. The lowest BCUT2D eigenvalue weighted by Crippen LogP contribution is -2.35. The summed E-state index contributed by atoms with van der Waals surface area (Å²) in [5.74, 6) is -0.259. The Balaban J connectivity index is 0.000000199. The molecule has 4 rings (SSSR count). The number of nitrogens with two attached hydrogens (primary N) is 1. The lowest BCUT2D eigenvalue weighted by molar-refractivity contribution is 0.168. The molecule has 0 bridgehead atoms. The summed E-state index contributed by atoms with van der Waals surface area (Å²) in [6.07, 6.45) is 8.87. The van der Waals surface area contributed by atoms with Gasteiger partial charge >= 0.3 is 0 Å². The lowest BCUT2D eigenvalue weighted by Gasteiger charge is -2.25. The molecule has 35 heavy (non-hydrogen) atoms. The van der Waals surface area contributed by atoms with Crippen LogP contribution in [-0.4, -0.2) is 54.2 Å². The second kappa shape index (κ2) is 13.0. The van der Waals surface area contributed by atoms with Crippen molar-refractivity contribution in [1.29, 1.82) is 0 Å². The van der Waals surface area contributed by atoms with Crippen molar-refractivity contribution in [2.45, 2.75) is 64.3 Å². The van der Waals surface area contributed by atoms with Crippen molar-refractivity contribution in [2.75, 3.05) is 32.8 Å². The molecule has 0 spiro atoms. The number of hydrogen-bond donors (Lipinski definition) is 4. The Morgan fingerprint density at radius 1 is 1.29 bits per heavy atom. The van der Waals surface area contributed by atoms with Crippen LogP contribution in [0.5, 0.6) is 6.01 Å². The van der Waals surface area contributed by atoms with Crippen LogP contribution < -0.4 is 26.4 Å². The molecule has 1 fully saturated rings. The van der Waals surface area contributed by atoms with E-state index in [1.165, 1.54) is 12.1 Å². The molecule has 2 atom stereocenters. The number of dihydropyridines is 1. The first-order chi connectivity index (χ1) is 16.8. The molecular formula is C26H40F2N6O. The molecule has 194 valence electrons. The van der Waals surface area contributed by atoms with Crippen LogP contribution in [0.4, 0.5) is 8.78 Å². The van der Waals surface area contributed by atoms with Crippen LogP contribution in [0.25, 0.3) is 11.0 Å². The van der Waals surface area contributed by atoms with E-state index in [2.05, 4.69) is 25.5 Å². The van der Waals surface area contributed by atoms with Gasteiger partial charge in [-0.25, -0.2) is 8.78 Å². The number of nitrogens with zero attached hydrogens (tertiary/aromatic N) is 2. The fourth-order valence-electron chi connectivity index (χ4n) is 4.18. The molecule has 0 aliphatic carbocycles. The summed E-state index contributed by atoms with van der Waals surface area (Å²) in [5, 5.41) is 9.54. The Hall–Kier alpha value is -2.49. The summed E-state index contributed by atoms with van der Waals surface area (Å²) in [6, 6.07) is 5.72. The van der Waals surface area contributed by atoms with E-state index in [9.17, 15) is 8.78 Å². The van der Waals surface area contributed by atoms with E-state index in [0.29, 0.717) is 43.6 Å². The van der Waals surface area contributed by atoms with E-state index >= 15 is 0 Å². The number of benzene rings is 1. The number of ether oxygens (including phenoxy) is 1. The van der Waals surface area contributed by atoms with Gasteiger partial charge < -0.3 is 26.4 Å². The van der Waals surface area contributed by atoms with Crippen LogP contribution in [0, 0.1) is 5.82 Å². The highest BCUT2D eigenvalue weighted by molar-refractivity contribution is 5.77. The van der Waals surface area contributed by atoms with Crippen molar-refractivity contribution < 1.29 is 13.5 Å². The van der Waals surface area contributed by atoms with Gasteiger partial charge in [0.2, 0.25) is 0 Å². The Morgan fingerprint density at radius 2 is 2.06 bits per heavy atom. The van der Waals surface area contributed by atoms with Gasteiger partial charge in [-0.1, -0.05) is 6.92 Å². The fraction of sp³-hybridized carbons (Fsp3) is 0.577. The van der Waals surface area contributed by atoms with E-state index in [1.807, 2.05) is 32.2 Å². The van der Waals surface area contributed by atoms with Crippen molar-refractivity contribution in [3.8, 4) is 6.01 Å². The smallest absolute Gasteiger partial charge is 0.297 e. The quantitative estimate of drug-likeness (QED) is 0.399. The number of alkyl halides is 1. The maximum Gasteiger partial charge on any atom is 0.297 e. The maximum absolute atomic E-state index is 13.5. The normalized spacial score (nSPS) is 19.9. The summed E-state index contributed by atoms with van der Waals surface area (Å²) in [5.41, 5.74) is 7.41. The van der Waals surface area contributed by atoms with Crippen LogP contribution in [0.15, 0.2) is 42.1 Å². The molecule has 1 aromatic heterocycles. The number of fused-ring (bicyclic) bond motifs is 1. The van der Waals surface area contributed by atoms with Gasteiger partial charge in [0, 0.05) is 18.7 Å². The van der Waals surface area contributed by atoms with Gasteiger partial charge in [0.05, 0.1) is 23.8 Å². The first-order valence-corrected chi connectivity index (χ1v) is 12.6. The molecule has 0 amide bonds. The van der Waals surface area contributed by atoms with E-state index in [1.54, 1.807) is 13.0 Å². The van der Waals surface area contributed by atoms with Crippen LogP contribution in [0.1, 0.15) is 52.5 Å². The molecule has 1 aromatic carbocycles. The number of aromatic nitrogens is 2. The van der Waals surface area contributed by atoms with Gasteiger partial charge in [0.15, 0.2) is 0 Å². The van der Waals surface area contributed by atoms with E-state index in [-0.39, 0.29) is 12.0 Å². The maximum atomic E-state index is 13.5. The van der Waals surface area contributed by atoms with E-state index in [4.69, 9.17) is 10.5 Å². The zero-order chi connectivity index (χ0) is 25.3. The van der Waals surface area contributed by atoms with Crippen LogP contribution >= 0.6 is 0 Å². The second-order valence-corrected chi connectivity index (χ2v) is 9.27. The number of imidazole rings is 1. The molecule has 0 saturated carbocycles. The summed E-state index contributed by atoms with van der Waals surface area (Å²) >= 11 is 0. The number of nitrogens with one attached hydrogen (secondary N) is 3. The van der Waals surface area contributed by atoms with Crippen LogP contribution in [0.2, 0.25) is 0 Å². The molecule has 2 aliphatic rings. The van der Waals surface area contributed by atoms with Crippen molar-refractivity contribution in [3.63, 3.8) is 0 Å². The highest BCUT2D eigenvalue weighted by Crippen LogP contribution is 2.31. The molecule has 1 saturated heterocycles. The van der Waals surface area contributed by atoms with Crippen molar-refractivity contribution >= 4 is 11.0 Å². The average molecular weight is 491 g/mol. The third kappa shape index (κ3) is 8.02. The third-order valence-electron chi connectivity index (χ3n) is 6.44. The van der Waals surface area contributed by atoms with Crippen LogP contribution in [0.3, 0.4) is 0 Å². The predicted octanol–water partition coefficient (Wildman–Crippen LogP) is 3.93. The molecule has 0 radical (unpaired) electrons. The third-order valence-corrected chi connectivity index (χ3v) is 6.44. The average Bonchev–Trinajstić information content (AvgIpc) is 3.20. The first-order valence-electron chi connectivity index (χ1n) is 12.6. The number of rotatable bonds is 9. The Morgan fingerprint density at radius 3 is 2.74 bits per heavy atom. The number of halogens is 2. The van der Waals surface area contributed by atoms with Crippen molar-refractivity contribution in [3.05, 3.63) is 47.9 Å². The van der Waals surface area contributed by atoms with Gasteiger partial charge in [-0.2, -0.15) is 4.98 Å². The Kier molecular flexibility index (Phi) is 10.1. The summed E-state index contributed by atoms with van der Waals surface area (Å²) < 4.78 is 34.6. The van der Waals surface area contributed by atoms with Gasteiger partial charge in [0.25, 0.3) is 6.01 Å².